The van der Waals surface area contributed by atoms with Crippen LogP contribution in [0.2, 0.25) is 0 Å². The van der Waals surface area contributed by atoms with Crippen LogP contribution in [0.4, 0.5) is 0 Å². The smallest absolute Gasteiger partial charge is 0.254 e. The van der Waals surface area contributed by atoms with Crippen molar-refractivity contribution in [1.29, 1.82) is 0 Å². The highest BCUT2D eigenvalue weighted by Crippen LogP contribution is 2.35. The maximum Gasteiger partial charge on any atom is 0.254 e. The van der Waals surface area contributed by atoms with Crippen LogP contribution < -0.4 is 20.9 Å². The molecule has 2 atom stereocenters. The molecule has 3 saturated heterocycles. The van der Waals surface area contributed by atoms with Gasteiger partial charge in [0.25, 0.3) is 11.8 Å². The van der Waals surface area contributed by atoms with Crippen LogP contribution in [-0.4, -0.2) is 69.4 Å². The molecule has 5 rings (SSSR count). The lowest BCUT2D eigenvalue weighted by Gasteiger charge is -2.26. The second-order valence-electron chi connectivity index (χ2n) is 9.77. The van der Waals surface area contributed by atoms with Gasteiger partial charge in [-0.1, -0.05) is 18.2 Å². The van der Waals surface area contributed by atoms with Gasteiger partial charge >= 0.3 is 0 Å². The van der Waals surface area contributed by atoms with E-state index in [1.807, 2.05) is 41.3 Å². The number of hydrazine groups is 1. The van der Waals surface area contributed by atoms with E-state index >= 15 is 0 Å². The third-order valence-corrected chi connectivity index (χ3v) is 9.13. The number of benzene rings is 2. The summed E-state index contributed by atoms with van der Waals surface area (Å²) >= 11 is 0. The number of amides is 2. The van der Waals surface area contributed by atoms with Gasteiger partial charge < -0.3 is 15.0 Å². The molecule has 0 spiro atoms. The summed E-state index contributed by atoms with van der Waals surface area (Å²) in [4.78, 5) is 28.2. The second-order valence-corrected chi connectivity index (χ2v) is 12.0. The van der Waals surface area contributed by atoms with Crippen molar-refractivity contribution >= 4 is 21.7 Å². The molecule has 0 aliphatic carbocycles. The fraction of sp³-hybridized carbons (Fsp3) is 0.462. The van der Waals surface area contributed by atoms with Gasteiger partial charge in [-0.25, -0.2) is 8.42 Å². The molecule has 0 saturated carbocycles. The first-order valence-corrected chi connectivity index (χ1v) is 14.2. The van der Waals surface area contributed by atoms with E-state index in [1.165, 1.54) is 0 Å². The summed E-state index contributed by atoms with van der Waals surface area (Å²) in [5.74, 6) is 0.736. The Bertz CT molecular complexity index is 1260. The number of ether oxygens (including phenoxy) is 1. The Morgan fingerprint density at radius 2 is 1.86 bits per heavy atom. The average Bonchev–Trinajstić information content (AvgIpc) is 3.64. The van der Waals surface area contributed by atoms with Gasteiger partial charge in [0.1, 0.15) is 5.75 Å². The van der Waals surface area contributed by atoms with E-state index in [9.17, 15) is 18.0 Å². The summed E-state index contributed by atoms with van der Waals surface area (Å²) < 4.78 is 29.1. The largest absolute Gasteiger partial charge is 0.496 e. The Balaban J connectivity index is 1.32. The lowest BCUT2D eigenvalue weighted by Crippen LogP contribution is -2.35. The number of hydrogen-bond acceptors (Lipinski definition) is 7. The molecule has 3 fully saturated rings. The Kier molecular flexibility index (Phi) is 7.00. The van der Waals surface area contributed by atoms with Crippen molar-refractivity contribution in [2.45, 2.75) is 37.3 Å². The maximum atomic E-state index is 13.6. The molecule has 3 aliphatic heterocycles. The number of carbonyl (C=O) groups excluding carboxylic acids is 2. The molecule has 0 radical (unpaired) electrons. The topological polar surface area (TPSA) is 117 Å². The van der Waals surface area contributed by atoms with Gasteiger partial charge in [0.05, 0.1) is 24.7 Å². The van der Waals surface area contributed by atoms with Crippen molar-refractivity contribution < 1.29 is 22.7 Å². The van der Waals surface area contributed by atoms with Crippen LogP contribution in [0.5, 0.6) is 5.75 Å². The zero-order valence-corrected chi connectivity index (χ0v) is 21.1. The summed E-state index contributed by atoms with van der Waals surface area (Å²) in [6, 6.07) is 12.5. The highest BCUT2D eigenvalue weighted by atomic mass is 32.2. The van der Waals surface area contributed by atoms with Crippen molar-refractivity contribution in [2.24, 2.45) is 0 Å². The van der Waals surface area contributed by atoms with E-state index < -0.39 is 9.84 Å². The van der Waals surface area contributed by atoms with Gasteiger partial charge in [0, 0.05) is 42.7 Å². The molecule has 10 heteroatoms. The van der Waals surface area contributed by atoms with E-state index in [-0.39, 0.29) is 41.3 Å². The number of likely N-dealkylation sites (tertiary alicyclic amines) is 1. The molecule has 0 aromatic heterocycles. The van der Waals surface area contributed by atoms with Crippen LogP contribution in [0.1, 0.15) is 63.1 Å². The van der Waals surface area contributed by atoms with E-state index in [0.29, 0.717) is 29.8 Å². The summed E-state index contributed by atoms with van der Waals surface area (Å²) in [6.45, 7) is 2.25. The van der Waals surface area contributed by atoms with Crippen LogP contribution in [0.15, 0.2) is 42.5 Å². The van der Waals surface area contributed by atoms with E-state index in [4.69, 9.17) is 4.74 Å². The zero-order valence-electron chi connectivity index (χ0n) is 20.3. The number of nitrogens with zero attached hydrogens (tertiary/aromatic N) is 1. The number of rotatable bonds is 6. The molecule has 2 aromatic rings. The molecule has 36 heavy (non-hydrogen) atoms. The first-order valence-electron chi connectivity index (χ1n) is 12.4. The van der Waals surface area contributed by atoms with Crippen LogP contribution in [0.3, 0.4) is 0 Å². The third kappa shape index (κ3) is 5.11. The lowest BCUT2D eigenvalue weighted by molar-refractivity contribution is 0.0735. The van der Waals surface area contributed by atoms with Crippen LogP contribution in [0.25, 0.3) is 0 Å². The minimum absolute atomic E-state index is 0.0145. The van der Waals surface area contributed by atoms with Gasteiger partial charge in [-0.3, -0.25) is 20.4 Å². The molecule has 0 bridgehead atoms. The van der Waals surface area contributed by atoms with Gasteiger partial charge in [0.15, 0.2) is 9.84 Å². The Hall–Kier alpha value is -2.95. The summed E-state index contributed by atoms with van der Waals surface area (Å²) in [5, 5.41) is 2.85. The Morgan fingerprint density at radius 1 is 1.06 bits per heavy atom. The molecule has 3 aliphatic rings. The maximum absolute atomic E-state index is 13.6. The van der Waals surface area contributed by atoms with E-state index in [2.05, 4.69) is 16.2 Å². The number of sulfone groups is 1. The predicted molar refractivity (Wildman–Crippen MR) is 136 cm³/mol. The van der Waals surface area contributed by atoms with Crippen LogP contribution >= 0.6 is 0 Å². The fourth-order valence-corrected chi connectivity index (χ4v) is 7.12. The first-order chi connectivity index (χ1) is 17.3. The SMILES string of the molecule is COc1cc(C(=O)N2CCC[C@@H]2c2cccc(C(=O)NC3CCS(=O)(=O)C3)c2)ccc1C1CNNC1. The summed E-state index contributed by atoms with van der Waals surface area (Å²) in [6.07, 6.45) is 2.13. The molecular weight excluding hydrogens is 480 g/mol. The van der Waals surface area contributed by atoms with Gasteiger partial charge in [-0.15, -0.1) is 0 Å². The third-order valence-electron chi connectivity index (χ3n) is 7.36. The highest BCUT2D eigenvalue weighted by Gasteiger charge is 2.33. The normalized spacial score (nSPS) is 23.6. The molecular formula is C26H32N4O5S. The number of nitrogens with one attached hydrogen (secondary N) is 3. The Morgan fingerprint density at radius 3 is 2.58 bits per heavy atom. The summed E-state index contributed by atoms with van der Waals surface area (Å²) in [7, 11) is -1.45. The molecule has 2 amide bonds. The van der Waals surface area contributed by atoms with Crippen LogP contribution in [0, 0.1) is 0 Å². The van der Waals surface area contributed by atoms with Gasteiger partial charge in [-0.05, 0) is 54.7 Å². The summed E-state index contributed by atoms with van der Waals surface area (Å²) in [5.41, 5.74) is 9.28. The van der Waals surface area contributed by atoms with Gasteiger partial charge in [-0.2, -0.15) is 0 Å². The van der Waals surface area contributed by atoms with Crippen molar-refractivity contribution in [1.82, 2.24) is 21.1 Å². The minimum atomic E-state index is -3.07. The molecule has 1 unspecified atom stereocenters. The Labute approximate surface area is 211 Å². The molecule has 3 heterocycles. The minimum Gasteiger partial charge on any atom is -0.496 e. The van der Waals surface area contributed by atoms with Gasteiger partial charge in [0.2, 0.25) is 0 Å². The molecule has 192 valence electrons. The second kappa shape index (κ2) is 10.2. The first kappa shape index (κ1) is 24.7. The monoisotopic (exact) mass is 512 g/mol. The van der Waals surface area contributed by atoms with Crippen molar-refractivity contribution in [3.8, 4) is 5.75 Å². The van der Waals surface area contributed by atoms with Crippen LogP contribution in [-0.2, 0) is 9.84 Å². The average molecular weight is 513 g/mol. The van der Waals surface area contributed by atoms with Crippen molar-refractivity contribution in [2.75, 3.05) is 38.2 Å². The molecule has 3 N–H and O–H groups in total. The van der Waals surface area contributed by atoms with Crippen molar-refractivity contribution in [3.05, 3.63) is 64.7 Å². The molecule has 2 aromatic carbocycles. The highest BCUT2D eigenvalue weighted by molar-refractivity contribution is 7.91. The lowest BCUT2D eigenvalue weighted by atomic mass is 9.97. The standard InChI is InChI=1S/C26H32N4O5S/c1-35-24-13-19(7-8-22(24)20-14-27-28-15-20)26(32)30-10-3-6-23(30)17-4-2-5-18(12-17)25(31)29-21-9-11-36(33,34)16-21/h2,4-5,7-8,12-13,20-21,23,27-28H,3,6,9-11,14-16H2,1H3,(H,29,31)/t21?,23-/m1/s1. The molecule has 9 nitrogen and oxygen atoms in total. The number of methoxy groups -OCH3 is 1. The number of hydrogen-bond donors (Lipinski definition) is 3. The van der Waals surface area contributed by atoms with Crippen molar-refractivity contribution in [3.63, 3.8) is 0 Å². The predicted octanol–water partition coefficient (Wildman–Crippen LogP) is 1.78. The fourth-order valence-electron chi connectivity index (χ4n) is 5.45. The quantitative estimate of drug-likeness (QED) is 0.540. The zero-order chi connectivity index (χ0) is 25.3. The van der Waals surface area contributed by atoms with E-state index in [1.54, 1.807) is 13.2 Å². The van der Waals surface area contributed by atoms with E-state index in [0.717, 1.165) is 37.1 Å². The number of carbonyl (C=O) groups is 2.